The number of hydrogen-bond donors (Lipinski definition) is 1. The molecular formula is C15H20N4O. The second kappa shape index (κ2) is 5.94. The SMILES string of the molecule is Nc1cccc(OCCCn2nnc3c2CCCC3)c1. The summed E-state index contributed by atoms with van der Waals surface area (Å²) in [4.78, 5) is 0. The Morgan fingerprint density at radius 2 is 2.15 bits per heavy atom. The Kier molecular flexibility index (Phi) is 3.85. The molecule has 20 heavy (non-hydrogen) atoms. The van der Waals surface area contributed by atoms with Crippen LogP contribution in [-0.4, -0.2) is 21.6 Å². The first-order chi connectivity index (χ1) is 9.83. The number of ether oxygens (including phenoxy) is 1. The van der Waals surface area contributed by atoms with Crippen LogP contribution >= 0.6 is 0 Å². The minimum absolute atomic E-state index is 0.665. The molecule has 1 heterocycles. The standard InChI is InChI=1S/C15H20N4O/c16-12-5-3-6-13(11-12)20-10-4-9-19-15-8-2-1-7-14(15)17-18-19/h3,5-6,11H,1-2,4,7-10,16H2. The Balaban J connectivity index is 1.49. The predicted octanol–water partition coefficient (Wildman–Crippen LogP) is 2.21. The topological polar surface area (TPSA) is 66.0 Å². The van der Waals surface area contributed by atoms with E-state index in [0.717, 1.165) is 37.2 Å². The van der Waals surface area contributed by atoms with E-state index in [1.54, 1.807) is 0 Å². The van der Waals surface area contributed by atoms with Crippen LogP contribution in [0.15, 0.2) is 24.3 Å². The lowest BCUT2D eigenvalue weighted by atomic mass is 10.0. The van der Waals surface area contributed by atoms with E-state index in [2.05, 4.69) is 10.3 Å². The quantitative estimate of drug-likeness (QED) is 0.669. The molecular weight excluding hydrogens is 252 g/mol. The van der Waals surface area contributed by atoms with Crippen molar-refractivity contribution < 1.29 is 4.74 Å². The molecule has 0 spiro atoms. The summed E-state index contributed by atoms with van der Waals surface area (Å²) < 4.78 is 7.73. The molecule has 1 aromatic carbocycles. The van der Waals surface area contributed by atoms with Gasteiger partial charge in [0.05, 0.1) is 18.0 Å². The Bertz CT molecular complexity index is 579. The molecule has 0 bridgehead atoms. The summed E-state index contributed by atoms with van der Waals surface area (Å²) in [5.41, 5.74) is 8.95. The molecule has 3 rings (SSSR count). The molecule has 2 N–H and O–H groups in total. The fourth-order valence-electron chi connectivity index (χ4n) is 2.61. The van der Waals surface area contributed by atoms with Crippen molar-refractivity contribution in [2.45, 2.75) is 38.6 Å². The fraction of sp³-hybridized carbons (Fsp3) is 0.467. The first-order valence-corrected chi connectivity index (χ1v) is 7.22. The number of fused-ring (bicyclic) bond motifs is 1. The zero-order valence-electron chi connectivity index (χ0n) is 11.6. The molecule has 2 aromatic rings. The molecule has 0 aliphatic heterocycles. The number of aryl methyl sites for hydroxylation is 2. The average Bonchev–Trinajstić information content (AvgIpc) is 2.87. The monoisotopic (exact) mass is 272 g/mol. The van der Waals surface area contributed by atoms with Crippen molar-refractivity contribution in [3.05, 3.63) is 35.7 Å². The molecule has 1 aromatic heterocycles. The third-order valence-corrected chi connectivity index (χ3v) is 3.64. The number of benzene rings is 1. The largest absolute Gasteiger partial charge is 0.493 e. The van der Waals surface area contributed by atoms with Gasteiger partial charge in [0, 0.05) is 24.7 Å². The minimum atomic E-state index is 0.665. The summed E-state index contributed by atoms with van der Waals surface area (Å²) in [6.07, 6.45) is 5.60. The minimum Gasteiger partial charge on any atom is -0.493 e. The van der Waals surface area contributed by atoms with Crippen LogP contribution in [-0.2, 0) is 19.4 Å². The molecule has 0 fully saturated rings. The zero-order chi connectivity index (χ0) is 13.8. The molecule has 1 aliphatic rings. The highest BCUT2D eigenvalue weighted by molar-refractivity contribution is 5.43. The Labute approximate surface area is 118 Å². The van der Waals surface area contributed by atoms with E-state index in [4.69, 9.17) is 10.5 Å². The highest BCUT2D eigenvalue weighted by atomic mass is 16.5. The van der Waals surface area contributed by atoms with Gasteiger partial charge >= 0.3 is 0 Å². The lowest BCUT2D eigenvalue weighted by Gasteiger charge is -2.12. The predicted molar refractivity (Wildman–Crippen MR) is 77.6 cm³/mol. The van der Waals surface area contributed by atoms with Crippen LogP contribution in [0.5, 0.6) is 5.75 Å². The van der Waals surface area contributed by atoms with Crippen LogP contribution in [0.4, 0.5) is 5.69 Å². The van der Waals surface area contributed by atoms with E-state index < -0.39 is 0 Å². The Morgan fingerprint density at radius 1 is 1.25 bits per heavy atom. The second-order valence-corrected chi connectivity index (χ2v) is 5.19. The number of anilines is 1. The molecule has 0 amide bonds. The lowest BCUT2D eigenvalue weighted by Crippen LogP contribution is -2.11. The molecule has 5 heteroatoms. The van der Waals surface area contributed by atoms with Crippen LogP contribution in [0.3, 0.4) is 0 Å². The van der Waals surface area contributed by atoms with E-state index in [-0.39, 0.29) is 0 Å². The van der Waals surface area contributed by atoms with Crippen LogP contribution < -0.4 is 10.5 Å². The van der Waals surface area contributed by atoms with Gasteiger partial charge in [0.25, 0.3) is 0 Å². The first kappa shape index (κ1) is 13.0. The summed E-state index contributed by atoms with van der Waals surface area (Å²) in [7, 11) is 0. The lowest BCUT2D eigenvalue weighted by molar-refractivity contribution is 0.297. The third-order valence-electron chi connectivity index (χ3n) is 3.64. The summed E-state index contributed by atoms with van der Waals surface area (Å²) in [6.45, 7) is 1.53. The Hall–Kier alpha value is -2.04. The van der Waals surface area contributed by atoms with E-state index >= 15 is 0 Å². The van der Waals surface area contributed by atoms with Gasteiger partial charge in [-0.1, -0.05) is 11.3 Å². The van der Waals surface area contributed by atoms with Crippen molar-refractivity contribution in [3.8, 4) is 5.75 Å². The van der Waals surface area contributed by atoms with Gasteiger partial charge in [0.15, 0.2) is 0 Å². The molecule has 5 nitrogen and oxygen atoms in total. The van der Waals surface area contributed by atoms with Crippen molar-refractivity contribution in [1.82, 2.24) is 15.0 Å². The highest BCUT2D eigenvalue weighted by Gasteiger charge is 2.16. The first-order valence-electron chi connectivity index (χ1n) is 7.22. The van der Waals surface area contributed by atoms with Crippen molar-refractivity contribution >= 4 is 5.69 Å². The van der Waals surface area contributed by atoms with E-state index in [9.17, 15) is 0 Å². The van der Waals surface area contributed by atoms with Gasteiger partial charge in [-0.2, -0.15) is 0 Å². The van der Waals surface area contributed by atoms with E-state index in [1.807, 2.05) is 28.9 Å². The molecule has 0 atom stereocenters. The van der Waals surface area contributed by atoms with Gasteiger partial charge in [-0.15, -0.1) is 5.10 Å². The number of aromatic nitrogens is 3. The summed E-state index contributed by atoms with van der Waals surface area (Å²) >= 11 is 0. The molecule has 106 valence electrons. The van der Waals surface area contributed by atoms with Gasteiger partial charge in [0.2, 0.25) is 0 Å². The molecule has 0 unspecified atom stereocenters. The van der Waals surface area contributed by atoms with Crippen molar-refractivity contribution in [1.29, 1.82) is 0 Å². The maximum absolute atomic E-state index is 5.71. The normalized spacial score (nSPS) is 14.0. The highest BCUT2D eigenvalue weighted by Crippen LogP contribution is 2.19. The maximum atomic E-state index is 5.71. The van der Waals surface area contributed by atoms with Crippen molar-refractivity contribution in [2.75, 3.05) is 12.3 Å². The van der Waals surface area contributed by atoms with E-state index in [1.165, 1.54) is 24.2 Å². The Morgan fingerprint density at radius 3 is 3.05 bits per heavy atom. The van der Waals surface area contributed by atoms with Crippen LogP contribution in [0.2, 0.25) is 0 Å². The number of hydrogen-bond acceptors (Lipinski definition) is 4. The van der Waals surface area contributed by atoms with Crippen LogP contribution in [0.25, 0.3) is 0 Å². The van der Waals surface area contributed by atoms with Gasteiger partial charge in [-0.25, -0.2) is 4.68 Å². The fourth-order valence-corrected chi connectivity index (χ4v) is 2.61. The van der Waals surface area contributed by atoms with Crippen molar-refractivity contribution in [2.24, 2.45) is 0 Å². The van der Waals surface area contributed by atoms with Gasteiger partial charge in [-0.3, -0.25) is 0 Å². The molecule has 1 aliphatic carbocycles. The van der Waals surface area contributed by atoms with Crippen LogP contribution in [0, 0.1) is 0 Å². The van der Waals surface area contributed by atoms with Gasteiger partial charge in [-0.05, 0) is 37.8 Å². The molecule has 0 saturated carbocycles. The zero-order valence-corrected chi connectivity index (χ0v) is 11.6. The molecule has 0 radical (unpaired) electrons. The number of nitrogens with two attached hydrogens (primary N) is 1. The number of nitrogen functional groups attached to an aromatic ring is 1. The number of rotatable bonds is 5. The summed E-state index contributed by atoms with van der Waals surface area (Å²) in [6, 6.07) is 7.53. The van der Waals surface area contributed by atoms with Crippen molar-refractivity contribution in [3.63, 3.8) is 0 Å². The smallest absolute Gasteiger partial charge is 0.121 e. The summed E-state index contributed by atoms with van der Waals surface area (Å²) in [5.74, 6) is 0.825. The second-order valence-electron chi connectivity index (χ2n) is 5.19. The average molecular weight is 272 g/mol. The van der Waals surface area contributed by atoms with Gasteiger partial charge in [0.1, 0.15) is 5.75 Å². The van der Waals surface area contributed by atoms with Crippen LogP contribution in [0.1, 0.15) is 30.7 Å². The maximum Gasteiger partial charge on any atom is 0.121 e. The van der Waals surface area contributed by atoms with Gasteiger partial charge < -0.3 is 10.5 Å². The number of nitrogens with zero attached hydrogens (tertiary/aromatic N) is 3. The van der Waals surface area contributed by atoms with E-state index in [0.29, 0.717) is 6.61 Å². The third kappa shape index (κ3) is 2.92. The summed E-state index contributed by atoms with van der Waals surface area (Å²) in [5, 5.41) is 8.51. The molecule has 0 saturated heterocycles.